The Kier molecular flexibility index (Phi) is 5.63. The molecular formula is C17H21Cl2NO4S. The van der Waals surface area contributed by atoms with Crippen LogP contribution >= 0.6 is 23.2 Å². The Balaban J connectivity index is 1.63. The highest BCUT2D eigenvalue weighted by atomic mass is 35.5. The van der Waals surface area contributed by atoms with Crippen LogP contribution in [0.25, 0.3) is 0 Å². The average Bonchev–Trinajstić information content (AvgIpc) is 3.29. The number of hydrogen-bond donors (Lipinski definition) is 0. The van der Waals surface area contributed by atoms with Gasteiger partial charge in [-0.3, -0.25) is 0 Å². The molecule has 1 atom stereocenters. The average molecular weight is 406 g/mol. The number of carbonyl (C=O) groups excluding carboxylic acids is 1. The number of alkyl halides is 2. The summed E-state index contributed by atoms with van der Waals surface area (Å²) in [6.45, 7) is 1.26. The second-order valence-corrected chi connectivity index (χ2v) is 10.1. The van der Waals surface area contributed by atoms with Crippen molar-refractivity contribution < 1.29 is 17.9 Å². The molecule has 25 heavy (non-hydrogen) atoms. The molecule has 1 saturated heterocycles. The van der Waals surface area contributed by atoms with Gasteiger partial charge in [0.25, 0.3) is 0 Å². The molecule has 1 aliphatic heterocycles. The molecule has 5 nitrogen and oxygen atoms in total. The van der Waals surface area contributed by atoms with Crippen molar-refractivity contribution in [2.45, 2.75) is 41.3 Å². The van der Waals surface area contributed by atoms with Crippen molar-refractivity contribution in [1.82, 2.24) is 4.31 Å². The van der Waals surface area contributed by atoms with Gasteiger partial charge in [0.05, 0.1) is 17.1 Å². The molecule has 0 N–H and O–H groups in total. The van der Waals surface area contributed by atoms with Crippen LogP contribution in [0, 0.1) is 5.92 Å². The fraction of sp³-hybridized carbons (Fsp3) is 0.588. The number of carbonyl (C=O) groups is 1. The van der Waals surface area contributed by atoms with E-state index in [2.05, 4.69) is 0 Å². The van der Waals surface area contributed by atoms with Gasteiger partial charge in [0, 0.05) is 19.0 Å². The third-order valence-electron chi connectivity index (χ3n) is 4.66. The van der Waals surface area contributed by atoms with Gasteiger partial charge in [0.1, 0.15) is 4.33 Å². The van der Waals surface area contributed by atoms with Crippen LogP contribution in [0.5, 0.6) is 0 Å². The molecule has 1 aromatic rings. The van der Waals surface area contributed by atoms with Crippen LogP contribution in [0.2, 0.25) is 0 Å². The number of benzene rings is 1. The van der Waals surface area contributed by atoms with Gasteiger partial charge in [0.15, 0.2) is 0 Å². The maximum Gasteiger partial charge on any atom is 0.338 e. The first-order chi connectivity index (χ1) is 11.8. The molecule has 0 radical (unpaired) electrons. The third-order valence-corrected chi connectivity index (χ3v) is 7.50. The topological polar surface area (TPSA) is 63.7 Å². The standard InChI is InChI=1S/C17H21Cl2NO4S/c18-17(19)11-14(17)12-24-16(21)13-5-7-15(8-6-13)25(22,23)20-9-3-1-2-4-10-20/h5-8,14H,1-4,9-12H2/t14-/m0/s1. The first-order valence-corrected chi connectivity index (χ1v) is 10.7. The lowest BCUT2D eigenvalue weighted by Crippen LogP contribution is -2.31. The van der Waals surface area contributed by atoms with E-state index in [1.165, 1.54) is 28.6 Å². The molecule has 1 saturated carbocycles. The maximum absolute atomic E-state index is 12.7. The molecule has 2 aliphatic rings. The minimum atomic E-state index is -3.51. The van der Waals surface area contributed by atoms with E-state index in [0.717, 1.165) is 25.7 Å². The summed E-state index contributed by atoms with van der Waals surface area (Å²) in [7, 11) is -3.51. The Labute approximate surface area is 158 Å². The van der Waals surface area contributed by atoms with Crippen LogP contribution in [0.15, 0.2) is 29.2 Å². The van der Waals surface area contributed by atoms with Crippen LogP contribution < -0.4 is 0 Å². The minimum absolute atomic E-state index is 0.0394. The van der Waals surface area contributed by atoms with E-state index in [0.29, 0.717) is 25.1 Å². The fourth-order valence-electron chi connectivity index (χ4n) is 2.90. The second kappa shape index (κ2) is 7.43. The molecule has 1 aliphatic carbocycles. The van der Waals surface area contributed by atoms with E-state index in [1.807, 2.05) is 0 Å². The van der Waals surface area contributed by atoms with Crippen molar-refractivity contribution in [3.05, 3.63) is 29.8 Å². The monoisotopic (exact) mass is 405 g/mol. The fourth-order valence-corrected chi connectivity index (χ4v) is 4.92. The molecule has 2 fully saturated rings. The van der Waals surface area contributed by atoms with Crippen LogP contribution in [0.4, 0.5) is 0 Å². The van der Waals surface area contributed by atoms with Crippen molar-refractivity contribution in [2.75, 3.05) is 19.7 Å². The number of nitrogens with zero attached hydrogens (tertiary/aromatic N) is 1. The summed E-state index contributed by atoms with van der Waals surface area (Å²) in [6, 6.07) is 5.88. The van der Waals surface area contributed by atoms with Crippen LogP contribution in [-0.4, -0.2) is 42.7 Å². The molecule has 3 rings (SSSR count). The Bertz CT molecular complexity index is 726. The van der Waals surface area contributed by atoms with Gasteiger partial charge in [-0.25, -0.2) is 13.2 Å². The van der Waals surface area contributed by atoms with E-state index in [-0.39, 0.29) is 17.4 Å². The van der Waals surface area contributed by atoms with Crippen molar-refractivity contribution >= 4 is 39.2 Å². The molecule has 1 heterocycles. The van der Waals surface area contributed by atoms with Gasteiger partial charge in [-0.1, -0.05) is 12.8 Å². The highest BCUT2D eigenvalue weighted by Gasteiger charge is 2.52. The minimum Gasteiger partial charge on any atom is -0.462 e. The number of halogens is 2. The van der Waals surface area contributed by atoms with E-state index in [4.69, 9.17) is 27.9 Å². The van der Waals surface area contributed by atoms with E-state index < -0.39 is 20.3 Å². The quantitative estimate of drug-likeness (QED) is 0.554. The van der Waals surface area contributed by atoms with E-state index in [1.54, 1.807) is 0 Å². The first-order valence-electron chi connectivity index (χ1n) is 8.46. The van der Waals surface area contributed by atoms with Crippen molar-refractivity contribution in [2.24, 2.45) is 5.92 Å². The summed E-state index contributed by atoms with van der Waals surface area (Å²) in [5, 5.41) is 0. The molecule has 0 bridgehead atoms. The smallest absolute Gasteiger partial charge is 0.338 e. The normalized spacial score (nSPS) is 23.7. The van der Waals surface area contributed by atoms with Crippen molar-refractivity contribution in [1.29, 1.82) is 0 Å². The summed E-state index contributed by atoms with van der Waals surface area (Å²) in [5.41, 5.74) is 0.310. The summed E-state index contributed by atoms with van der Waals surface area (Å²) in [6.07, 6.45) is 4.49. The summed E-state index contributed by atoms with van der Waals surface area (Å²) < 4.78 is 31.3. The number of ether oxygens (including phenoxy) is 1. The first kappa shape index (κ1) is 19.0. The Morgan fingerprint density at radius 2 is 1.68 bits per heavy atom. The Morgan fingerprint density at radius 3 is 2.20 bits per heavy atom. The predicted molar refractivity (Wildman–Crippen MR) is 96.5 cm³/mol. The molecule has 138 valence electrons. The summed E-state index contributed by atoms with van der Waals surface area (Å²) in [5.74, 6) is -0.544. The van der Waals surface area contributed by atoms with Gasteiger partial charge < -0.3 is 4.74 Å². The molecule has 0 unspecified atom stereocenters. The molecule has 1 aromatic carbocycles. The van der Waals surface area contributed by atoms with E-state index >= 15 is 0 Å². The molecule has 0 aromatic heterocycles. The van der Waals surface area contributed by atoms with Crippen molar-refractivity contribution in [3.63, 3.8) is 0 Å². The lowest BCUT2D eigenvalue weighted by atomic mass is 10.2. The zero-order valence-electron chi connectivity index (χ0n) is 13.8. The maximum atomic E-state index is 12.7. The third kappa shape index (κ3) is 4.48. The molecule has 0 amide bonds. The van der Waals surface area contributed by atoms with Gasteiger partial charge in [-0.2, -0.15) is 4.31 Å². The van der Waals surface area contributed by atoms with Gasteiger partial charge in [0.2, 0.25) is 10.0 Å². The zero-order valence-corrected chi connectivity index (χ0v) is 16.1. The highest BCUT2D eigenvalue weighted by Crippen LogP contribution is 2.53. The van der Waals surface area contributed by atoms with E-state index in [9.17, 15) is 13.2 Å². The van der Waals surface area contributed by atoms with Crippen LogP contribution in [-0.2, 0) is 14.8 Å². The van der Waals surface area contributed by atoms with Crippen LogP contribution in [0.1, 0.15) is 42.5 Å². The van der Waals surface area contributed by atoms with Gasteiger partial charge in [-0.15, -0.1) is 23.2 Å². The van der Waals surface area contributed by atoms with Gasteiger partial charge in [-0.05, 0) is 43.5 Å². The van der Waals surface area contributed by atoms with Crippen molar-refractivity contribution in [3.8, 4) is 0 Å². The highest BCUT2D eigenvalue weighted by molar-refractivity contribution is 7.89. The number of hydrogen-bond acceptors (Lipinski definition) is 4. The molecular weight excluding hydrogens is 385 g/mol. The Hall–Kier alpha value is -0.820. The lowest BCUT2D eigenvalue weighted by molar-refractivity contribution is 0.0485. The number of rotatable bonds is 5. The van der Waals surface area contributed by atoms with Crippen LogP contribution in [0.3, 0.4) is 0 Å². The number of esters is 1. The second-order valence-electron chi connectivity index (χ2n) is 6.60. The SMILES string of the molecule is O=C(OC[C@@H]1CC1(Cl)Cl)c1ccc(S(=O)(=O)N2CCCCCC2)cc1. The summed E-state index contributed by atoms with van der Waals surface area (Å²) >= 11 is 11.8. The molecule has 8 heteroatoms. The summed E-state index contributed by atoms with van der Waals surface area (Å²) in [4.78, 5) is 12.2. The Morgan fingerprint density at radius 1 is 1.12 bits per heavy atom. The largest absolute Gasteiger partial charge is 0.462 e. The number of sulfonamides is 1. The van der Waals surface area contributed by atoms with Gasteiger partial charge >= 0.3 is 5.97 Å². The zero-order chi connectivity index (χ0) is 18.1. The molecule has 0 spiro atoms. The lowest BCUT2D eigenvalue weighted by Gasteiger charge is -2.20. The predicted octanol–water partition coefficient (Wildman–Crippen LogP) is 3.60.